The maximum Gasteiger partial charge on any atom is 0.295 e. The van der Waals surface area contributed by atoms with E-state index < -0.39 is 61.8 Å². The van der Waals surface area contributed by atoms with Crippen LogP contribution in [-0.2, 0) is 49.9 Å². The molecule has 2 aliphatic rings. The summed E-state index contributed by atoms with van der Waals surface area (Å²) in [5.74, 6) is -1.29. The third-order valence-electron chi connectivity index (χ3n) is 8.66. The van der Waals surface area contributed by atoms with Crippen molar-refractivity contribution in [2.24, 2.45) is 0 Å². The monoisotopic (exact) mass is 944 g/mol. The second-order valence-electron chi connectivity index (χ2n) is 13.2. The van der Waals surface area contributed by atoms with E-state index >= 15 is 0 Å². The summed E-state index contributed by atoms with van der Waals surface area (Å²) >= 11 is 0. The summed E-state index contributed by atoms with van der Waals surface area (Å²) in [4.78, 5) is 28.1. The molecule has 0 radical (unpaired) electrons. The van der Waals surface area contributed by atoms with Crippen molar-refractivity contribution >= 4 is 99.7 Å². The van der Waals surface area contributed by atoms with Gasteiger partial charge in [-0.15, -0.1) is 0 Å². The molecule has 62 heavy (non-hydrogen) atoms. The van der Waals surface area contributed by atoms with Crippen molar-refractivity contribution in [1.82, 2.24) is 29.9 Å². The Morgan fingerprint density at radius 1 is 0.532 bits per heavy atom. The fourth-order valence-electron chi connectivity index (χ4n) is 5.78. The molecular weight excluding hydrogens is 905 g/mol. The topological polar surface area (TPSA) is 368 Å². The van der Waals surface area contributed by atoms with Crippen molar-refractivity contribution in [3.05, 3.63) is 47.5 Å². The highest BCUT2D eigenvalue weighted by molar-refractivity contribution is 7.86. The van der Waals surface area contributed by atoms with Crippen LogP contribution in [0.4, 0.5) is 47.1 Å². The molecule has 0 saturated carbocycles. The second-order valence-corrected chi connectivity index (χ2v) is 19.2. The van der Waals surface area contributed by atoms with Crippen LogP contribution in [0.3, 0.4) is 0 Å². The Balaban J connectivity index is 1.26. The van der Waals surface area contributed by atoms with Gasteiger partial charge in [0, 0.05) is 50.6 Å². The maximum atomic E-state index is 12.6. The van der Waals surface area contributed by atoms with Gasteiger partial charge in [-0.2, -0.15) is 63.6 Å². The van der Waals surface area contributed by atoms with Gasteiger partial charge in [0.25, 0.3) is 40.5 Å². The van der Waals surface area contributed by atoms with Crippen molar-refractivity contribution in [2.45, 2.75) is 9.79 Å². The smallest absolute Gasteiger partial charge is 0.295 e. The number of nitrogens with one attached hydrogen (secondary N) is 4. The van der Waals surface area contributed by atoms with Crippen LogP contribution in [0, 0.1) is 0 Å². The SMILES string of the molecule is O=S(=O)(O)CCNc1nc(Nc2ccc(C=Cc3ccc(Nc4nc(NCCS(=O)(=O)O)nc(N5CCOCC5)n4)cc3S(=O)(=O)O)c(S(=O)(=O)O)c2)nc(N2CCOCC2)n1. The number of nitrogens with zero attached hydrogens (tertiary/aromatic N) is 8. The van der Waals surface area contributed by atoms with Crippen molar-refractivity contribution in [3.8, 4) is 0 Å². The van der Waals surface area contributed by atoms with Gasteiger partial charge in [0.15, 0.2) is 0 Å². The number of anilines is 8. The lowest BCUT2D eigenvalue weighted by molar-refractivity contribution is 0.122. The predicted molar refractivity (Wildman–Crippen MR) is 224 cm³/mol. The number of rotatable bonds is 18. The second kappa shape index (κ2) is 19.3. The van der Waals surface area contributed by atoms with Gasteiger partial charge in [-0.05, 0) is 35.4 Å². The third kappa shape index (κ3) is 13.5. The van der Waals surface area contributed by atoms with Gasteiger partial charge in [-0.3, -0.25) is 18.2 Å². The molecule has 0 unspecified atom stereocenters. The molecule has 0 spiro atoms. The summed E-state index contributed by atoms with van der Waals surface area (Å²) in [6, 6.07) is 7.49. The van der Waals surface area contributed by atoms with E-state index in [9.17, 15) is 42.8 Å². The molecule has 2 aromatic heterocycles. The van der Waals surface area contributed by atoms with Crippen LogP contribution in [0.5, 0.6) is 0 Å². The highest BCUT2D eigenvalue weighted by Gasteiger charge is 2.22. The first-order chi connectivity index (χ1) is 29.2. The first-order valence-electron chi connectivity index (χ1n) is 18.2. The van der Waals surface area contributed by atoms with Crippen molar-refractivity contribution in [2.75, 3.05) is 108 Å². The Morgan fingerprint density at radius 2 is 0.887 bits per heavy atom. The molecule has 2 aliphatic heterocycles. The lowest BCUT2D eigenvalue weighted by Crippen LogP contribution is -2.37. The number of ether oxygens (including phenoxy) is 2. The summed E-state index contributed by atoms with van der Waals surface area (Å²) in [5.41, 5.74) is -0.0697. The average Bonchev–Trinajstić information content (AvgIpc) is 3.19. The van der Waals surface area contributed by atoms with Crippen LogP contribution < -0.4 is 31.1 Å². The van der Waals surface area contributed by atoms with E-state index in [0.717, 1.165) is 12.1 Å². The van der Waals surface area contributed by atoms with Gasteiger partial charge in [0.2, 0.25) is 35.7 Å². The highest BCUT2D eigenvalue weighted by Crippen LogP contribution is 2.29. The van der Waals surface area contributed by atoms with E-state index in [2.05, 4.69) is 51.2 Å². The molecule has 0 atom stereocenters. The van der Waals surface area contributed by atoms with E-state index in [1.54, 1.807) is 9.80 Å². The zero-order valence-electron chi connectivity index (χ0n) is 32.2. The van der Waals surface area contributed by atoms with Crippen LogP contribution in [0.25, 0.3) is 12.2 Å². The lowest BCUT2D eigenvalue weighted by Gasteiger charge is -2.27. The van der Waals surface area contributed by atoms with Gasteiger partial charge in [0.05, 0.1) is 37.9 Å². The van der Waals surface area contributed by atoms with Crippen LogP contribution in [0.1, 0.15) is 11.1 Å². The average molecular weight is 945 g/mol. The zero-order chi connectivity index (χ0) is 44.7. The molecular formula is C32H40N12O14S4. The molecule has 0 aliphatic carbocycles. The first-order valence-corrected chi connectivity index (χ1v) is 24.3. The minimum Gasteiger partial charge on any atom is -0.378 e. The normalized spacial score (nSPS) is 15.4. The van der Waals surface area contributed by atoms with Crippen molar-refractivity contribution < 1.29 is 61.4 Å². The molecule has 2 saturated heterocycles. The van der Waals surface area contributed by atoms with E-state index in [-0.39, 0.29) is 71.3 Å². The van der Waals surface area contributed by atoms with Crippen LogP contribution in [-0.4, -0.2) is 159 Å². The van der Waals surface area contributed by atoms with E-state index in [1.165, 1.54) is 36.4 Å². The quantitative estimate of drug-likeness (QED) is 0.0497. The van der Waals surface area contributed by atoms with E-state index in [0.29, 0.717) is 52.6 Å². The third-order valence-corrected chi connectivity index (χ3v) is 11.9. The maximum absolute atomic E-state index is 12.6. The Labute approximate surface area is 355 Å². The molecule has 4 aromatic rings. The zero-order valence-corrected chi connectivity index (χ0v) is 35.5. The molecule has 0 bridgehead atoms. The molecule has 6 rings (SSSR count). The summed E-state index contributed by atoms with van der Waals surface area (Å²) in [6.45, 7) is 2.65. The standard InChI is InChI=1S/C32H40N12O14S4/c45-59(46,47)17-7-33-27-37-29(41-31(39-27)43-9-13-57-14-10-43)35-23-5-3-21(25(19-23)61(51,52)53)1-2-22-4-6-24(20-26(22)62(54,55)56)36-30-38-28(34-8-18-60(48,49)50)40-32(42-30)44-11-15-58-16-12-44/h1-6,19-20H,7-18H2,(H,45,46,47)(H,48,49,50)(H,51,52,53)(H,54,55,56)(H2,33,35,37,39,41)(H2,34,36,38,40,42). The van der Waals surface area contributed by atoms with E-state index in [4.69, 9.17) is 18.6 Å². The highest BCUT2D eigenvalue weighted by atomic mass is 32.2. The van der Waals surface area contributed by atoms with Crippen LogP contribution in [0.15, 0.2) is 46.2 Å². The number of benzene rings is 2. The summed E-state index contributed by atoms with van der Waals surface area (Å²) in [7, 11) is -18.5. The van der Waals surface area contributed by atoms with Gasteiger partial charge in [-0.25, -0.2) is 0 Å². The molecule has 8 N–H and O–H groups in total. The minimum absolute atomic E-state index is 0.0683. The molecule has 26 nitrogen and oxygen atoms in total. The fraction of sp³-hybridized carbons (Fsp3) is 0.375. The Bertz CT molecular complexity index is 2570. The Hall–Kier alpha value is -5.44. The summed E-state index contributed by atoms with van der Waals surface area (Å²) in [6.07, 6.45) is 2.37. The number of hydrogen-bond donors (Lipinski definition) is 8. The molecule has 0 amide bonds. The Morgan fingerprint density at radius 3 is 1.23 bits per heavy atom. The summed E-state index contributed by atoms with van der Waals surface area (Å²) in [5, 5.41) is 11.1. The Kier molecular flexibility index (Phi) is 14.3. The predicted octanol–water partition coefficient (Wildman–Crippen LogP) is 0.480. The molecule has 336 valence electrons. The first kappa shape index (κ1) is 46.1. The molecule has 2 fully saturated rings. The lowest BCUT2D eigenvalue weighted by atomic mass is 10.1. The van der Waals surface area contributed by atoms with Crippen LogP contribution >= 0.6 is 0 Å². The van der Waals surface area contributed by atoms with Crippen molar-refractivity contribution in [3.63, 3.8) is 0 Å². The van der Waals surface area contributed by atoms with Crippen molar-refractivity contribution in [1.29, 1.82) is 0 Å². The number of hydrogen-bond acceptors (Lipinski definition) is 22. The van der Waals surface area contributed by atoms with Gasteiger partial charge < -0.3 is 40.5 Å². The minimum atomic E-state index is -4.93. The van der Waals surface area contributed by atoms with Crippen LogP contribution in [0.2, 0.25) is 0 Å². The largest absolute Gasteiger partial charge is 0.378 e. The van der Waals surface area contributed by atoms with Gasteiger partial charge in [0.1, 0.15) is 9.79 Å². The summed E-state index contributed by atoms with van der Waals surface area (Å²) < 4.78 is 145. The number of aromatic nitrogens is 6. The molecule has 2 aromatic carbocycles. The van der Waals surface area contributed by atoms with Gasteiger partial charge in [-0.1, -0.05) is 24.3 Å². The molecule has 30 heteroatoms. The molecule has 4 heterocycles. The van der Waals surface area contributed by atoms with Gasteiger partial charge >= 0.3 is 0 Å². The number of morpholine rings is 2. The van der Waals surface area contributed by atoms with E-state index in [1.807, 2.05) is 0 Å². The fourth-order valence-corrected chi connectivity index (χ4v) is 7.92.